The highest BCUT2D eigenvalue weighted by Gasteiger charge is 2.08. The molecule has 0 unspecified atom stereocenters. The molecular weight excluding hydrogens is 278 g/mol. The van der Waals surface area contributed by atoms with Gasteiger partial charge in [-0.25, -0.2) is 10.4 Å². The summed E-state index contributed by atoms with van der Waals surface area (Å²) < 4.78 is 5.44. The first-order valence-electron chi connectivity index (χ1n) is 6.91. The number of hydrazone groups is 1. The van der Waals surface area contributed by atoms with Gasteiger partial charge in [-0.3, -0.25) is 4.79 Å². The highest BCUT2D eigenvalue weighted by Crippen LogP contribution is 2.12. The van der Waals surface area contributed by atoms with E-state index in [1.165, 1.54) is 0 Å². The van der Waals surface area contributed by atoms with Crippen molar-refractivity contribution in [3.63, 3.8) is 0 Å². The number of hydrogen-bond acceptors (Lipinski definition) is 4. The monoisotopic (exact) mass is 293 g/mol. The van der Waals surface area contributed by atoms with Crippen molar-refractivity contribution < 1.29 is 9.21 Å². The van der Waals surface area contributed by atoms with E-state index >= 15 is 0 Å². The molecule has 0 aliphatic rings. The molecule has 0 aliphatic carbocycles. The van der Waals surface area contributed by atoms with Gasteiger partial charge < -0.3 is 4.42 Å². The molecule has 0 radical (unpaired) electrons. The largest absolute Gasteiger partial charge is 0.460 e. The summed E-state index contributed by atoms with van der Waals surface area (Å²) in [5.74, 6) is 1.07. The van der Waals surface area contributed by atoms with E-state index < -0.39 is 0 Å². The van der Waals surface area contributed by atoms with Crippen LogP contribution in [0, 0.1) is 6.92 Å². The zero-order chi connectivity index (χ0) is 15.5. The molecule has 1 aromatic carbocycles. The van der Waals surface area contributed by atoms with Crippen molar-refractivity contribution >= 4 is 22.5 Å². The lowest BCUT2D eigenvalue weighted by atomic mass is 10.2. The van der Waals surface area contributed by atoms with Gasteiger partial charge in [0.25, 0.3) is 5.91 Å². The Bertz CT molecular complexity index is 865. The molecule has 1 amide bonds. The van der Waals surface area contributed by atoms with Crippen molar-refractivity contribution in [1.29, 1.82) is 0 Å². The van der Waals surface area contributed by atoms with Crippen LogP contribution in [0.4, 0.5) is 0 Å². The van der Waals surface area contributed by atoms with Crippen LogP contribution in [0.2, 0.25) is 0 Å². The Morgan fingerprint density at radius 3 is 2.73 bits per heavy atom. The number of para-hydroxylation sites is 1. The lowest BCUT2D eigenvalue weighted by molar-refractivity contribution is 0.0950. The summed E-state index contributed by atoms with van der Waals surface area (Å²) in [6.45, 7) is 3.63. The molecule has 1 N–H and O–H groups in total. The maximum absolute atomic E-state index is 12.1. The molecule has 5 heteroatoms. The minimum Gasteiger partial charge on any atom is -0.460 e. The third kappa shape index (κ3) is 2.88. The molecular formula is C17H15N3O2. The van der Waals surface area contributed by atoms with E-state index in [0.717, 1.165) is 16.7 Å². The molecule has 0 fully saturated rings. The van der Waals surface area contributed by atoms with Crippen molar-refractivity contribution in [2.45, 2.75) is 13.8 Å². The number of rotatable bonds is 3. The molecule has 0 bridgehead atoms. The summed E-state index contributed by atoms with van der Waals surface area (Å²) in [5.41, 5.74) is 4.20. The summed E-state index contributed by atoms with van der Waals surface area (Å²) in [6.07, 6.45) is 0. The summed E-state index contributed by atoms with van der Waals surface area (Å²) in [5, 5.41) is 5.04. The number of carbonyl (C=O) groups excluding carboxylic acids is 1. The second kappa shape index (κ2) is 5.81. The van der Waals surface area contributed by atoms with E-state index in [9.17, 15) is 4.79 Å². The van der Waals surface area contributed by atoms with Crippen molar-refractivity contribution in [2.75, 3.05) is 0 Å². The number of furan rings is 1. The highest BCUT2D eigenvalue weighted by atomic mass is 16.3. The number of pyridine rings is 1. The second-order valence-electron chi connectivity index (χ2n) is 4.94. The molecule has 2 heterocycles. The highest BCUT2D eigenvalue weighted by molar-refractivity contribution is 5.99. The molecule has 110 valence electrons. The van der Waals surface area contributed by atoms with E-state index in [1.54, 1.807) is 13.0 Å². The topological polar surface area (TPSA) is 67.5 Å². The molecule has 3 rings (SSSR count). The fourth-order valence-electron chi connectivity index (χ4n) is 2.07. The summed E-state index contributed by atoms with van der Waals surface area (Å²) in [6, 6.07) is 14.8. The molecule has 2 aromatic heterocycles. The van der Waals surface area contributed by atoms with Gasteiger partial charge in [0.1, 0.15) is 22.9 Å². The maximum atomic E-state index is 12.1. The summed E-state index contributed by atoms with van der Waals surface area (Å²) in [4.78, 5) is 16.4. The second-order valence-corrected chi connectivity index (χ2v) is 4.94. The van der Waals surface area contributed by atoms with Gasteiger partial charge in [0.2, 0.25) is 0 Å². The summed E-state index contributed by atoms with van der Waals surface area (Å²) in [7, 11) is 0. The van der Waals surface area contributed by atoms with Gasteiger partial charge in [0.15, 0.2) is 0 Å². The molecule has 5 nitrogen and oxygen atoms in total. The third-order valence-corrected chi connectivity index (χ3v) is 3.25. The van der Waals surface area contributed by atoms with Crippen LogP contribution in [0.3, 0.4) is 0 Å². The van der Waals surface area contributed by atoms with Gasteiger partial charge in [0, 0.05) is 5.39 Å². The van der Waals surface area contributed by atoms with Gasteiger partial charge in [-0.05, 0) is 38.1 Å². The number of benzene rings is 1. The number of amides is 1. The maximum Gasteiger partial charge on any atom is 0.289 e. The van der Waals surface area contributed by atoms with Crippen LogP contribution in [-0.2, 0) is 0 Å². The smallest absolute Gasteiger partial charge is 0.289 e. The molecule has 0 spiro atoms. The van der Waals surface area contributed by atoms with Crippen LogP contribution in [0.25, 0.3) is 10.9 Å². The number of aryl methyl sites for hydroxylation is 1. The van der Waals surface area contributed by atoms with Crippen LogP contribution in [0.15, 0.2) is 58.0 Å². The Morgan fingerprint density at radius 1 is 1.14 bits per heavy atom. The third-order valence-electron chi connectivity index (χ3n) is 3.25. The van der Waals surface area contributed by atoms with Gasteiger partial charge in [0.05, 0.1) is 5.52 Å². The molecule has 0 saturated carbocycles. The van der Waals surface area contributed by atoms with Crippen molar-refractivity contribution in [3.8, 4) is 0 Å². The van der Waals surface area contributed by atoms with E-state index in [0.29, 0.717) is 17.2 Å². The Morgan fingerprint density at radius 2 is 1.95 bits per heavy atom. The number of hydrogen-bond donors (Lipinski definition) is 1. The number of carbonyl (C=O) groups is 1. The first-order chi connectivity index (χ1) is 10.6. The van der Waals surface area contributed by atoms with E-state index in [1.807, 2.05) is 49.4 Å². The average Bonchev–Trinajstić information content (AvgIpc) is 2.98. The zero-order valence-corrected chi connectivity index (χ0v) is 12.3. The first-order valence-corrected chi connectivity index (χ1v) is 6.91. The normalized spacial score (nSPS) is 11.6. The molecule has 0 aliphatic heterocycles. The van der Waals surface area contributed by atoms with Gasteiger partial charge in [-0.15, -0.1) is 0 Å². The van der Waals surface area contributed by atoms with Crippen LogP contribution >= 0.6 is 0 Å². The van der Waals surface area contributed by atoms with Crippen LogP contribution in [0.1, 0.15) is 28.9 Å². The van der Waals surface area contributed by atoms with E-state index in [2.05, 4.69) is 15.5 Å². The van der Waals surface area contributed by atoms with Gasteiger partial charge >= 0.3 is 0 Å². The fraction of sp³-hybridized carbons (Fsp3) is 0.118. The minimum atomic E-state index is -0.353. The predicted octanol–water partition coefficient (Wildman–Crippen LogP) is 3.29. The van der Waals surface area contributed by atoms with Crippen LogP contribution < -0.4 is 5.43 Å². The Kier molecular flexibility index (Phi) is 3.70. The lowest BCUT2D eigenvalue weighted by Gasteiger charge is -2.02. The van der Waals surface area contributed by atoms with Gasteiger partial charge in [-0.2, -0.15) is 5.10 Å². The Balaban J connectivity index is 1.78. The molecule has 0 atom stereocenters. The Hall–Kier alpha value is -2.95. The van der Waals surface area contributed by atoms with Crippen molar-refractivity contribution in [1.82, 2.24) is 10.4 Å². The number of nitrogens with one attached hydrogen (secondary N) is 1. The standard InChI is InChI=1S/C17H15N3O2/c1-11-7-10-16(22-11)12(2)19-20-17(21)15-9-8-13-5-3-4-6-14(13)18-15/h3-10H,1-2H3,(H,20,21)/b19-12+. The van der Waals surface area contributed by atoms with E-state index in [-0.39, 0.29) is 5.91 Å². The first kappa shape index (κ1) is 14.0. The van der Waals surface area contributed by atoms with Crippen LogP contribution in [-0.4, -0.2) is 16.6 Å². The lowest BCUT2D eigenvalue weighted by Crippen LogP contribution is -2.20. The quantitative estimate of drug-likeness (QED) is 0.595. The molecule has 3 aromatic rings. The SMILES string of the molecule is C/C(=N\NC(=O)c1ccc2ccccc2n1)c1ccc(C)o1. The van der Waals surface area contributed by atoms with Crippen molar-refractivity contribution in [3.05, 3.63) is 65.7 Å². The minimum absolute atomic E-state index is 0.325. The number of nitrogens with zero attached hydrogens (tertiary/aromatic N) is 2. The van der Waals surface area contributed by atoms with Crippen molar-refractivity contribution in [2.24, 2.45) is 5.10 Å². The molecule has 0 saturated heterocycles. The van der Waals surface area contributed by atoms with Gasteiger partial charge in [-0.1, -0.05) is 24.3 Å². The average molecular weight is 293 g/mol. The Labute approximate surface area is 127 Å². The predicted molar refractivity (Wildman–Crippen MR) is 84.9 cm³/mol. The summed E-state index contributed by atoms with van der Waals surface area (Å²) >= 11 is 0. The molecule has 22 heavy (non-hydrogen) atoms. The number of fused-ring (bicyclic) bond motifs is 1. The number of aromatic nitrogens is 1. The van der Waals surface area contributed by atoms with E-state index in [4.69, 9.17) is 4.42 Å². The fourth-order valence-corrected chi connectivity index (χ4v) is 2.07. The van der Waals surface area contributed by atoms with Crippen LogP contribution in [0.5, 0.6) is 0 Å². The zero-order valence-electron chi connectivity index (χ0n) is 12.3.